The maximum absolute atomic E-state index is 4.25. The average molecular weight is 389 g/mol. The number of benzene rings is 1. The van der Waals surface area contributed by atoms with Crippen molar-refractivity contribution in [1.82, 2.24) is 10.6 Å². The summed E-state index contributed by atoms with van der Waals surface area (Å²) < 4.78 is 0. The number of halogens is 1. The lowest BCUT2D eigenvalue weighted by molar-refractivity contribution is 0.481. The molecule has 0 aromatic heterocycles. The van der Waals surface area contributed by atoms with E-state index in [2.05, 4.69) is 67.6 Å². The standard InChI is InChI=1S/C16H27N3.HI/c1-12(2)14(4)19-16(17-5)18-11-10-15-8-6-13(3)7-9-15;/h6-9,12,14H,10-11H2,1-5H3,(H2,17,18,19);1H. The summed E-state index contributed by atoms with van der Waals surface area (Å²) in [5.74, 6) is 1.48. The summed E-state index contributed by atoms with van der Waals surface area (Å²) in [6, 6.07) is 9.10. The van der Waals surface area contributed by atoms with Crippen molar-refractivity contribution in [3.8, 4) is 0 Å². The van der Waals surface area contributed by atoms with Crippen LogP contribution in [0.25, 0.3) is 0 Å². The first-order chi connectivity index (χ1) is 9.02. The van der Waals surface area contributed by atoms with Gasteiger partial charge in [0.2, 0.25) is 0 Å². The van der Waals surface area contributed by atoms with Crippen molar-refractivity contribution in [2.45, 2.75) is 40.2 Å². The monoisotopic (exact) mass is 389 g/mol. The topological polar surface area (TPSA) is 36.4 Å². The van der Waals surface area contributed by atoms with E-state index in [1.165, 1.54) is 11.1 Å². The second-order valence-corrected chi connectivity index (χ2v) is 5.41. The minimum atomic E-state index is 0. The Labute approximate surface area is 140 Å². The molecule has 1 rings (SSSR count). The SMILES string of the molecule is CN=C(NCCc1ccc(C)cc1)NC(C)C(C)C.I. The van der Waals surface area contributed by atoms with Crippen molar-refractivity contribution in [3.05, 3.63) is 35.4 Å². The molecule has 20 heavy (non-hydrogen) atoms. The molecule has 0 aliphatic rings. The second-order valence-electron chi connectivity index (χ2n) is 5.41. The first kappa shape index (κ1) is 19.2. The van der Waals surface area contributed by atoms with Crippen LogP contribution in [0.2, 0.25) is 0 Å². The lowest BCUT2D eigenvalue weighted by atomic mass is 10.1. The normalized spacial score (nSPS) is 12.8. The Kier molecular flexibility index (Phi) is 9.63. The van der Waals surface area contributed by atoms with E-state index in [0.29, 0.717) is 12.0 Å². The van der Waals surface area contributed by atoms with Crippen LogP contribution in [0, 0.1) is 12.8 Å². The molecule has 0 bridgehead atoms. The molecule has 3 nitrogen and oxygen atoms in total. The van der Waals surface area contributed by atoms with Crippen LogP contribution < -0.4 is 10.6 Å². The molecule has 1 atom stereocenters. The predicted octanol–water partition coefficient (Wildman–Crippen LogP) is 3.37. The van der Waals surface area contributed by atoms with Crippen LogP contribution in [0.15, 0.2) is 29.3 Å². The van der Waals surface area contributed by atoms with Gasteiger partial charge in [-0.25, -0.2) is 0 Å². The summed E-state index contributed by atoms with van der Waals surface area (Å²) in [7, 11) is 1.81. The minimum Gasteiger partial charge on any atom is -0.356 e. The number of rotatable bonds is 5. The highest BCUT2D eigenvalue weighted by Crippen LogP contribution is 2.03. The van der Waals surface area contributed by atoms with Crippen LogP contribution in [0.4, 0.5) is 0 Å². The molecule has 0 aliphatic heterocycles. The fourth-order valence-electron chi connectivity index (χ4n) is 1.66. The largest absolute Gasteiger partial charge is 0.356 e. The first-order valence-corrected chi connectivity index (χ1v) is 7.05. The van der Waals surface area contributed by atoms with Crippen LogP contribution in [0.5, 0.6) is 0 Å². The molecule has 0 radical (unpaired) electrons. The molecule has 0 saturated heterocycles. The van der Waals surface area contributed by atoms with Crippen molar-refractivity contribution in [2.24, 2.45) is 10.9 Å². The summed E-state index contributed by atoms with van der Waals surface area (Å²) in [4.78, 5) is 4.25. The van der Waals surface area contributed by atoms with Gasteiger partial charge in [0.1, 0.15) is 0 Å². The van der Waals surface area contributed by atoms with Gasteiger partial charge in [0.25, 0.3) is 0 Å². The lowest BCUT2D eigenvalue weighted by Gasteiger charge is -2.20. The van der Waals surface area contributed by atoms with E-state index in [-0.39, 0.29) is 24.0 Å². The molecule has 114 valence electrons. The molecule has 0 amide bonds. The van der Waals surface area contributed by atoms with Gasteiger partial charge in [-0.15, -0.1) is 24.0 Å². The Bertz CT molecular complexity index is 399. The molecule has 2 N–H and O–H groups in total. The summed E-state index contributed by atoms with van der Waals surface area (Å²) in [5.41, 5.74) is 2.66. The van der Waals surface area contributed by atoms with E-state index in [4.69, 9.17) is 0 Å². The smallest absolute Gasteiger partial charge is 0.191 e. The van der Waals surface area contributed by atoms with Gasteiger partial charge in [-0.1, -0.05) is 43.7 Å². The zero-order valence-electron chi connectivity index (χ0n) is 13.2. The van der Waals surface area contributed by atoms with E-state index in [1.807, 2.05) is 7.05 Å². The highest BCUT2D eigenvalue weighted by atomic mass is 127. The van der Waals surface area contributed by atoms with Gasteiger partial charge >= 0.3 is 0 Å². The van der Waals surface area contributed by atoms with Gasteiger partial charge in [-0.05, 0) is 31.7 Å². The molecule has 4 heteroatoms. The van der Waals surface area contributed by atoms with E-state index in [9.17, 15) is 0 Å². The minimum absolute atomic E-state index is 0. The Morgan fingerprint density at radius 1 is 1.15 bits per heavy atom. The fourth-order valence-corrected chi connectivity index (χ4v) is 1.66. The Balaban J connectivity index is 0.00000361. The molecule has 0 heterocycles. The molecule has 0 spiro atoms. The van der Waals surface area contributed by atoms with Gasteiger partial charge in [-0.2, -0.15) is 0 Å². The lowest BCUT2D eigenvalue weighted by Crippen LogP contribution is -2.44. The van der Waals surface area contributed by atoms with E-state index in [1.54, 1.807) is 0 Å². The van der Waals surface area contributed by atoms with Gasteiger partial charge in [0, 0.05) is 19.6 Å². The zero-order chi connectivity index (χ0) is 14.3. The summed E-state index contributed by atoms with van der Waals surface area (Å²) >= 11 is 0. The van der Waals surface area contributed by atoms with E-state index in [0.717, 1.165) is 18.9 Å². The molecule has 0 fully saturated rings. The Morgan fingerprint density at radius 3 is 2.25 bits per heavy atom. The van der Waals surface area contributed by atoms with Crippen molar-refractivity contribution >= 4 is 29.9 Å². The third-order valence-corrected chi connectivity index (χ3v) is 3.41. The van der Waals surface area contributed by atoms with Crippen LogP contribution in [0.1, 0.15) is 31.9 Å². The van der Waals surface area contributed by atoms with Crippen LogP contribution in [0.3, 0.4) is 0 Å². The number of nitrogens with one attached hydrogen (secondary N) is 2. The van der Waals surface area contributed by atoms with Gasteiger partial charge < -0.3 is 10.6 Å². The van der Waals surface area contributed by atoms with Crippen molar-refractivity contribution in [1.29, 1.82) is 0 Å². The molecule has 1 aromatic carbocycles. The molecular weight excluding hydrogens is 361 g/mol. The number of nitrogens with zero attached hydrogens (tertiary/aromatic N) is 1. The first-order valence-electron chi connectivity index (χ1n) is 7.05. The molecule has 0 saturated carbocycles. The van der Waals surface area contributed by atoms with Crippen molar-refractivity contribution in [3.63, 3.8) is 0 Å². The highest BCUT2D eigenvalue weighted by Gasteiger charge is 2.08. The molecule has 0 aliphatic carbocycles. The maximum Gasteiger partial charge on any atom is 0.191 e. The second kappa shape index (κ2) is 10.0. The molecule has 1 aromatic rings. The van der Waals surface area contributed by atoms with Crippen LogP contribution in [-0.4, -0.2) is 25.6 Å². The zero-order valence-corrected chi connectivity index (χ0v) is 15.6. The van der Waals surface area contributed by atoms with Crippen molar-refractivity contribution in [2.75, 3.05) is 13.6 Å². The number of guanidine groups is 1. The summed E-state index contributed by atoms with van der Waals surface area (Å²) in [6.45, 7) is 9.60. The van der Waals surface area contributed by atoms with Gasteiger partial charge in [-0.3, -0.25) is 4.99 Å². The van der Waals surface area contributed by atoms with E-state index < -0.39 is 0 Å². The van der Waals surface area contributed by atoms with Crippen molar-refractivity contribution < 1.29 is 0 Å². The highest BCUT2D eigenvalue weighted by molar-refractivity contribution is 14.0. The summed E-state index contributed by atoms with van der Waals surface area (Å²) in [5, 5.41) is 6.76. The average Bonchev–Trinajstić information content (AvgIpc) is 2.39. The third-order valence-electron chi connectivity index (χ3n) is 3.41. The summed E-state index contributed by atoms with van der Waals surface area (Å²) in [6.07, 6.45) is 1.01. The van der Waals surface area contributed by atoms with Gasteiger partial charge in [0.15, 0.2) is 5.96 Å². The molecular formula is C16H28IN3. The third kappa shape index (κ3) is 7.12. The Hall–Kier alpha value is -0.780. The number of aliphatic imine (C=N–C) groups is 1. The van der Waals surface area contributed by atoms with Gasteiger partial charge in [0.05, 0.1) is 0 Å². The fraction of sp³-hybridized carbons (Fsp3) is 0.562. The number of hydrogen-bond acceptors (Lipinski definition) is 1. The molecule has 1 unspecified atom stereocenters. The number of hydrogen-bond donors (Lipinski definition) is 2. The maximum atomic E-state index is 4.25. The quantitative estimate of drug-likeness (QED) is 0.460. The Morgan fingerprint density at radius 2 is 1.75 bits per heavy atom. The number of aryl methyl sites for hydroxylation is 1. The predicted molar refractivity (Wildman–Crippen MR) is 99.1 cm³/mol. The van der Waals surface area contributed by atoms with Crippen LogP contribution >= 0.6 is 24.0 Å². The van der Waals surface area contributed by atoms with E-state index >= 15 is 0 Å². The van der Waals surface area contributed by atoms with Crippen LogP contribution in [-0.2, 0) is 6.42 Å².